The number of ether oxygens (including phenoxy) is 1. The molecule has 5 nitrogen and oxygen atoms in total. The Morgan fingerprint density at radius 3 is 3.00 bits per heavy atom. The highest BCUT2D eigenvalue weighted by Crippen LogP contribution is 2.22. The topological polar surface area (TPSA) is 70.6 Å². The van der Waals surface area contributed by atoms with Gasteiger partial charge in [0.05, 0.1) is 6.54 Å². The van der Waals surface area contributed by atoms with Gasteiger partial charge in [-0.3, -0.25) is 0 Å². The molecule has 0 saturated heterocycles. The van der Waals surface area contributed by atoms with Crippen molar-refractivity contribution in [3.63, 3.8) is 0 Å². The first-order chi connectivity index (χ1) is 11.0. The average Bonchev–Trinajstić information content (AvgIpc) is 3.07. The Morgan fingerprint density at radius 1 is 1.48 bits per heavy atom. The van der Waals surface area contributed by atoms with E-state index >= 15 is 0 Å². The van der Waals surface area contributed by atoms with Crippen LogP contribution in [0, 0.1) is 12.3 Å². The van der Waals surface area contributed by atoms with Crippen LogP contribution in [0.15, 0.2) is 41.1 Å². The predicted octanol–water partition coefficient (Wildman–Crippen LogP) is 2.79. The highest BCUT2D eigenvalue weighted by Gasteiger charge is 2.24. The molecule has 2 aromatic rings. The van der Waals surface area contributed by atoms with Gasteiger partial charge in [-0.15, -0.1) is 6.42 Å². The molecule has 1 heterocycles. The van der Waals surface area contributed by atoms with Crippen molar-refractivity contribution in [2.45, 2.75) is 12.5 Å². The number of hydrogen-bond acceptors (Lipinski definition) is 4. The quantitative estimate of drug-likeness (QED) is 0.713. The summed E-state index contributed by atoms with van der Waals surface area (Å²) in [4.78, 5) is 12.0. The lowest BCUT2D eigenvalue weighted by atomic mass is 9.99. The van der Waals surface area contributed by atoms with E-state index in [2.05, 4.69) is 16.6 Å². The zero-order valence-electron chi connectivity index (χ0n) is 12.7. The zero-order valence-corrected chi connectivity index (χ0v) is 13.5. The van der Waals surface area contributed by atoms with Crippen LogP contribution in [-0.4, -0.2) is 24.3 Å². The Morgan fingerprint density at radius 2 is 2.30 bits per heavy atom. The number of benzene rings is 1. The van der Waals surface area contributed by atoms with Crippen LogP contribution >= 0.6 is 11.3 Å². The Hall–Kier alpha value is -2.49. The monoisotopic (exact) mass is 330 g/mol. The summed E-state index contributed by atoms with van der Waals surface area (Å²) < 4.78 is 5.29. The Labute approximate surface area is 139 Å². The van der Waals surface area contributed by atoms with E-state index in [9.17, 15) is 9.90 Å². The maximum Gasteiger partial charge on any atom is 0.319 e. The first kappa shape index (κ1) is 16.9. The lowest BCUT2D eigenvalue weighted by molar-refractivity contribution is 0.0604. The van der Waals surface area contributed by atoms with Crippen molar-refractivity contribution in [1.29, 1.82) is 0 Å². The summed E-state index contributed by atoms with van der Waals surface area (Å²) in [7, 11) is 0. The van der Waals surface area contributed by atoms with E-state index in [1.54, 1.807) is 31.2 Å². The molecule has 120 valence electrons. The number of urea groups is 1. The van der Waals surface area contributed by atoms with Crippen LogP contribution in [0.25, 0.3) is 0 Å². The van der Waals surface area contributed by atoms with E-state index in [4.69, 9.17) is 11.2 Å². The molecule has 6 heteroatoms. The van der Waals surface area contributed by atoms with Gasteiger partial charge < -0.3 is 20.5 Å². The molecule has 0 aliphatic carbocycles. The summed E-state index contributed by atoms with van der Waals surface area (Å²) >= 11 is 1.50. The first-order valence-corrected chi connectivity index (χ1v) is 7.92. The molecule has 0 fully saturated rings. The van der Waals surface area contributed by atoms with E-state index in [0.717, 1.165) is 5.56 Å². The molecule has 0 saturated carbocycles. The normalized spacial score (nSPS) is 12.7. The van der Waals surface area contributed by atoms with Crippen LogP contribution in [0.2, 0.25) is 0 Å². The third-order valence-electron chi connectivity index (χ3n) is 3.15. The number of terminal acetylenes is 1. The van der Waals surface area contributed by atoms with Crippen molar-refractivity contribution >= 4 is 23.1 Å². The van der Waals surface area contributed by atoms with Gasteiger partial charge in [0.25, 0.3) is 0 Å². The molecule has 0 aliphatic heterocycles. The lowest BCUT2D eigenvalue weighted by Gasteiger charge is -2.22. The van der Waals surface area contributed by atoms with Gasteiger partial charge in [-0.1, -0.05) is 12.0 Å². The molecule has 1 aromatic heterocycles. The standard InChI is InChI=1S/C17H18N2O3S/c1-3-8-22-15-6-4-5-14(10-15)19-16(20)18-12-17(2,21)13-7-9-23-11-13/h1,4-7,9-11,21H,8,12H2,2H3,(H2,18,19,20). The number of rotatable bonds is 6. The minimum absolute atomic E-state index is 0.100. The van der Waals surface area contributed by atoms with Crippen molar-refractivity contribution in [3.05, 3.63) is 46.7 Å². The van der Waals surface area contributed by atoms with Crippen LogP contribution < -0.4 is 15.4 Å². The Kier molecular flexibility index (Phi) is 5.63. The Bertz CT molecular complexity index is 690. The third-order valence-corrected chi connectivity index (χ3v) is 3.83. The van der Waals surface area contributed by atoms with E-state index in [-0.39, 0.29) is 13.2 Å². The van der Waals surface area contributed by atoms with Gasteiger partial charge in [-0.2, -0.15) is 11.3 Å². The molecule has 3 N–H and O–H groups in total. The molecule has 1 atom stereocenters. The fourth-order valence-corrected chi connectivity index (χ4v) is 2.67. The van der Waals surface area contributed by atoms with Crippen LogP contribution in [0.4, 0.5) is 10.5 Å². The number of aliphatic hydroxyl groups is 1. The third kappa shape index (κ3) is 5.02. The molecule has 2 amide bonds. The Balaban J connectivity index is 1.89. The van der Waals surface area contributed by atoms with Crippen LogP contribution in [0.1, 0.15) is 12.5 Å². The summed E-state index contributed by atoms with van der Waals surface area (Å²) in [5.41, 5.74) is 0.231. The van der Waals surface area contributed by atoms with Crippen molar-refractivity contribution in [3.8, 4) is 18.1 Å². The van der Waals surface area contributed by atoms with E-state index in [1.165, 1.54) is 11.3 Å². The summed E-state index contributed by atoms with van der Waals surface area (Å²) in [6.45, 7) is 1.92. The van der Waals surface area contributed by atoms with E-state index < -0.39 is 11.6 Å². The summed E-state index contributed by atoms with van der Waals surface area (Å²) in [5, 5.41) is 19.4. The van der Waals surface area contributed by atoms with Gasteiger partial charge in [-0.25, -0.2) is 4.79 Å². The average molecular weight is 330 g/mol. The van der Waals surface area contributed by atoms with Gasteiger partial charge >= 0.3 is 6.03 Å². The van der Waals surface area contributed by atoms with Crippen molar-refractivity contribution in [2.75, 3.05) is 18.5 Å². The highest BCUT2D eigenvalue weighted by molar-refractivity contribution is 7.08. The van der Waals surface area contributed by atoms with Gasteiger partial charge in [0.15, 0.2) is 0 Å². The minimum Gasteiger partial charge on any atom is -0.481 e. The number of nitrogens with one attached hydrogen (secondary N) is 2. The van der Waals surface area contributed by atoms with E-state index in [0.29, 0.717) is 11.4 Å². The highest BCUT2D eigenvalue weighted by atomic mass is 32.1. The number of thiophene rings is 1. The first-order valence-electron chi connectivity index (χ1n) is 6.97. The fourth-order valence-electron chi connectivity index (χ4n) is 1.89. The number of anilines is 1. The number of amides is 2. The molecule has 1 unspecified atom stereocenters. The van der Waals surface area contributed by atoms with Gasteiger partial charge in [-0.05, 0) is 41.4 Å². The molecular weight excluding hydrogens is 312 g/mol. The smallest absolute Gasteiger partial charge is 0.319 e. The van der Waals surface area contributed by atoms with Gasteiger partial charge in [0, 0.05) is 11.8 Å². The molecule has 0 spiro atoms. The van der Waals surface area contributed by atoms with Crippen molar-refractivity contribution < 1.29 is 14.6 Å². The molecule has 2 rings (SSSR count). The molecular formula is C17H18N2O3S. The summed E-state index contributed by atoms with van der Waals surface area (Å²) in [6.07, 6.45) is 5.14. The second-order valence-corrected chi connectivity index (χ2v) is 5.89. The fraction of sp³-hybridized carbons (Fsp3) is 0.235. The molecule has 1 aromatic carbocycles. The molecule has 0 bridgehead atoms. The largest absolute Gasteiger partial charge is 0.481 e. The van der Waals surface area contributed by atoms with Gasteiger partial charge in [0.2, 0.25) is 0 Å². The molecule has 0 aliphatic rings. The number of carbonyl (C=O) groups is 1. The zero-order chi connectivity index (χ0) is 16.7. The SMILES string of the molecule is C#CCOc1cccc(NC(=O)NCC(C)(O)c2ccsc2)c1. The molecule has 0 radical (unpaired) electrons. The molecule has 23 heavy (non-hydrogen) atoms. The minimum atomic E-state index is -1.12. The maximum absolute atomic E-state index is 12.0. The summed E-state index contributed by atoms with van der Waals surface area (Å²) in [6, 6.07) is 8.34. The number of carbonyl (C=O) groups excluding carboxylic acids is 1. The van der Waals surface area contributed by atoms with Crippen molar-refractivity contribution in [1.82, 2.24) is 5.32 Å². The second-order valence-electron chi connectivity index (χ2n) is 5.11. The second kappa shape index (κ2) is 7.68. The number of hydrogen-bond donors (Lipinski definition) is 3. The summed E-state index contributed by atoms with van der Waals surface area (Å²) in [5.74, 6) is 2.95. The predicted molar refractivity (Wildman–Crippen MR) is 91.7 cm³/mol. The van der Waals surface area contributed by atoms with Crippen molar-refractivity contribution in [2.24, 2.45) is 0 Å². The van der Waals surface area contributed by atoms with E-state index in [1.807, 2.05) is 16.8 Å². The van der Waals surface area contributed by atoms with Crippen LogP contribution in [-0.2, 0) is 5.60 Å². The van der Waals surface area contributed by atoms with Gasteiger partial charge in [0.1, 0.15) is 18.0 Å². The van der Waals surface area contributed by atoms with Crippen LogP contribution in [0.3, 0.4) is 0 Å². The lowest BCUT2D eigenvalue weighted by Crippen LogP contribution is -2.40. The maximum atomic E-state index is 12.0. The van der Waals surface area contributed by atoms with Crippen LogP contribution in [0.5, 0.6) is 5.75 Å².